The molecule has 0 aromatic heterocycles. The van der Waals surface area contributed by atoms with E-state index in [9.17, 15) is 4.79 Å². The molecule has 1 aliphatic heterocycles. The third-order valence-electron chi connectivity index (χ3n) is 3.20. The standard InChI is InChI=1S/C16H27BO4/c1-5-6-12-19-15(18)10-8-7-9-11-17-20-14(2)13-16(3,4)21-17/h5-6,9,11,14H,7-8,10,12-13H2,1-4H3. The van der Waals surface area contributed by atoms with E-state index in [1.165, 1.54) is 0 Å². The highest BCUT2D eigenvalue weighted by atomic mass is 16.6. The van der Waals surface area contributed by atoms with E-state index in [0.29, 0.717) is 13.0 Å². The Morgan fingerprint density at radius 3 is 2.86 bits per heavy atom. The maximum absolute atomic E-state index is 11.4. The predicted octanol–water partition coefficient (Wildman–Crippen LogP) is 3.46. The minimum atomic E-state index is -0.287. The largest absolute Gasteiger partial charge is 0.486 e. The molecule has 1 fully saturated rings. The smallest absolute Gasteiger partial charge is 0.461 e. The number of carbonyl (C=O) groups excluding carboxylic acids is 1. The quantitative estimate of drug-likeness (QED) is 0.312. The van der Waals surface area contributed by atoms with Crippen molar-refractivity contribution in [3.63, 3.8) is 0 Å². The van der Waals surface area contributed by atoms with Crippen LogP contribution in [0, 0.1) is 0 Å². The zero-order valence-electron chi connectivity index (χ0n) is 13.6. The summed E-state index contributed by atoms with van der Waals surface area (Å²) in [7, 11) is -0.287. The molecule has 0 N–H and O–H groups in total. The fourth-order valence-electron chi connectivity index (χ4n) is 2.33. The average molecular weight is 294 g/mol. The summed E-state index contributed by atoms with van der Waals surface area (Å²) in [5.41, 5.74) is -0.150. The van der Waals surface area contributed by atoms with Gasteiger partial charge < -0.3 is 14.0 Å². The number of rotatable bonds is 7. The van der Waals surface area contributed by atoms with Crippen molar-refractivity contribution < 1.29 is 18.8 Å². The average Bonchev–Trinajstić information content (AvgIpc) is 2.36. The number of carbonyl (C=O) groups is 1. The molecule has 0 bridgehead atoms. The molecule has 0 radical (unpaired) electrons. The fraction of sp³-hybridized carbons (Fsp3) is 0.688. The van der Waals surface area contributed by atoms with Gasteiger partial charge >= 0.3 is 13.1 Å². The number of unbranched alkanes of at least 4 members (excludes halogenated alkanes) is 1. The van der Waals surface area contributed by atoms with Crippen molar-refractivity contribution in [3.05, 3.63) is 24.2 Å². The van der Waals surface area contributed by atoms with E-state index in [4.69, 9.17) is 14.0 Å². The summed E-state index contributed by atoms with van der Waals surface area (Å²) in [6, 6.07) is 0. The summed E-state index contributed by atoms with van der Waals surface area (Å²) >= 11 is 0. The molecule has 1 unspecified atom stereocenters. The summed E-state index contributed by atoms with van der Waals surface area (Å²) in [4.78, 5) is 11.4. The molecule has 1 rings (SSSR count). The van der Waals surface area contributed by atoms with Gasteiger partial charge in [0, 0.05) is 12.5 Å². The van der Waals surface area contributed by atoms with Gasteiger partial charge in [0.05, 0.1) is 5.60 Å². The number of hydrogen-bond acceptors (Lipinski definition) is 4. The van der Waals surface area contributed by atoms with Gasteiger partial charge in [0.2, 0.25) is 0 Å². The maximum Gasteiger partial charge on any atom is 0.486 e. The van der Waals surface area contributed by atoms with E-state index < -0.39 is 0 Å². The van der Waals surface area contributed by atoms with Crippen LogP contribution in [-0.4, -0.2) is 31.4 Å². The lowest BCUT2D eigenvalue weighted by molar-refractivity contribution is -0.142. The van der Waals surface area contributed by atoms with Crippen LogP contribution in [-0.2, 0) is 18.8 Å². The van der Waals surface area contributed by atoms with Gasteiger partial charge in [-0.2, -0.15) is 0 Å². The molecular formula is C16H27BO4. The Kier molecular flexibility index (Phi) is 7.76. The first kappa shape index (κ1) is 18.0. The second kappa shape index (κ2) is 9.06. The zero-order chi connectivity index (χ0) is 15.7. The van der Waals surface area contributed by atoms with Gasteiger partial charge in [-0.1, -0.05) is 24.2 Å². The summed E-state index contributed by atoms with van der Waals surface area (Å²) < 4.78 is 16.6. The minimum Gasteiger partial charge on any atom is -0.461 e. The van der Waals surface area contributed by atoms with Crippen LogP contribution in [0.1, 0.15) is 53.4 Å². The van der Waals surface area contributed by atoms with E-state index in [1.807, 2.05) is 31.1 Å². The Morgan fingerprint density at radius 1 is 1.43 bits per heavy atom. The van der Waals surface area contributed by atoms with E-state index in [2.05, 4.69) is 20.8 Å². The van der Waals surface area contributed by atoms with Crippen LogP contribution < -0.4 is 0 Å². The van der Waals surface area contributed by atoms with E-state index in [-0.39, 0.29) is 24.8 Å². The number of hydrogen-bond donors (Lipinski definition) is 0. The molecule has 118 valence electrons. The highest BCUT2D eigenvalue weighted by molar-refractivity contribution is 6.51. The molecule has 4 nitrogen and oxygen atoms in total. The van der Waals surface area contributed by atoms with Crippen molar-refractivity contribution in [2.24, 2.45) is 0 Å². The third-order valence-corrected chi connectivity index (χ3v) is 3.20. The van der Waals surface area contributed by atoms with E-state index in [0.717, 1.165) is 19.3 Å². The van der Waals surface area contributed by atoms with Crippen LogP contribution in [0.15, 0.2) is 24.2 Å². The third kappa shape index (κ3) is 8.07. The minimum absolute atomic E-state index is 0.150. The van der Waals surface area contributed by atoms with Gasteiger partial charge in [-0.25, -0.2) is 0 Å². The van der Waals surface area contributed by atoms with Gasteiger partial charge in [-0.15, -0.1) is 0 Å². The predicted molar refractivity (Wildman–Crippen MR) is 84.8 cm³/mol. The second-order valence-electron chi connectivity index (χ2n) is 5.97. The first-order valence-electron chi connectivity index (χ1n) is 7.69. The van der Waals surface area contributed by atoms with Crippen molar-refractivity contribution in [3.8, 4) is 0 Å². The Balaban J connectivity index is 2.18. The molecule has 0 aromatic carbocycles. The highest BCUT2D eigenvalue weighted by Gasteiger charge is 2.35. The summed E-state index contributed by atoms with van der Waals surface area (Å²) in [6.07, 6.45) is 8.82. The molecule has 1 heterocycles. The van der Waals surface area contributed by atoms with Crippen molar-refractivity contribution in [1.82, 2.24) is 0 Å². The van der Waals surface area contributed by atoms with Crippen molar-refractivity contribution in [2.45, 2.75) is 65.1 Å². The lowest BCUT2D eigenvalue weighted by Gasteiger charge is -2.37. The number of esters is 1. The fourth-order valence-corrected chi connectivity index (χ4v) is 2.33. The molecule has 5 heteroatoms. The van der Waals surface area contributed by atoms with Crippen molar-refractivity contribution in [1.29, 1.82) is 0 Å². The summed E-state index contributed by atoms with van der Waals surface area (Å²) in [5, 5.41) is 0. The van der Waals surface area contributed by atoms with Crippen molar-refractivity contribution >= 4 is 13.1 Å². The molecule has 0 spiro atoms. The maximum atomic E-state index is 11.4. The van der Waals surface area contributed by atoms with Gasteiger partial charge in [0.15, 0.2) is 0 Å². The molecule has 21 heavy (non-hydrogen) atoms. The van der Waals surface area contributed by atoms with Crippen LogP contribution in [0.2, 0.25) is 0 Å². The lowest BCUT2D eigenvalue weighted by atomic mass is 9.82. The normalized spacial score (nSPS) is 22.1. The number of ether oxygens (including phenoxy) is 1. The number of allylic oxidation sites excluding steroid dienone is 2. The SMILES string of the molecule is CC=CCOC(=O)CCCC=CB1OC(C)CC(C)(C)O1. The van der Waals surface area contributed by atoms with E-state index >= 15 is 0 Å². The zero-order valence-corrected chi connectivity index (χ0v) is 13.6. The van der Waals surface area contributed by atoms with Crippen molar-refractivity contribution in [2.75, 3.05) is 6.61 Å². The Labute approximate surface area is 128 Å². The van der Waals surface area contributed by atoms with Crippen LogP contribution in [0.4, 0.5) is 0 Å². The Morgan fingerprint density at radius 2 is 2.19 bits per heavy atom. The molecule has 0 saturated carbocycles. The molecular weight excluding hydrogens is 267 g/mol. The van der Waals surface area contributed by atoms with Crippen LogP contribution >= 0.6 is 0 Å². The Hall–Kier alpha value is -1.07. The van der Waals surface area contributed by atoms with E-state index in [1.54, 1.807) is 0 Å². The summed E-state index contributed by atoms with van der Waals surface area (Å²) in [5.74, 6) is 1.78. The molecule has 0 aliphatic carbocycles. The summed E-state index contributed by atoms with van der Waals surface area (Å²) in [6.45, 7) is 8.48. The van der Waals surface area contributed by atoms with Gasteiger partial charge in [0.25, 0.3) is 0 Å². The molecule has 0 aromatic rings. The highest BCUT2D eigenvalue weighted by Crippen LogP contribution is 2.26. The van der Waals surface area contributed by atoms with Crippen LogP contribution in [0.25, 0.3) is 0 Å². The molecule has 0 amide bonds. The monoisotopic (exact) mass is 294 g/mol. The second-order valence-corrected chi connectivity index (χ2v) is 5.97. The first-order valence-corrected chi connectivity index (χ1v) is 7.69. The topological polar surface area (TPSA) is 44.8 Å². The van der Waals surface area contributed by atoms with Crippen LogP contribution in [0.5, 0.6) is 0 Å². The first-order chi connectivity index (χ1) is 9.93. The van der Waals surface area contributed by atoms with Crippen LogP contribution in [0.3, 0.4) is 0 Å². The lowest BCUT2D eigenvalue weighted by Crippen LogP contribution is -2.45. The van der Waals surface area contributed by atoms with Gasteiger partial charge in [-0.3, -0.25) is 4.79 Å². The molecule has 1 atom stereocenters. The van der Waals surface area contributed by atoms with Gasteiger partial charge in [-0.05, 0) is 47.0 Å². The molecule has 1 aliphatic rings. The van der Waals surface area contributed by atoms with Gasteiger partial charge in [0.1, 0.15) is 6.61 Å². The Bertz CT molecular complexity index is 376. The molecule has 1 saturated heterocycles.